The number of carbonyl (C=O) groups is 1. The highest BCUT2D eigenvalue weighted by Crippen LogP contribution is 2.16. The number of hydrogen-bond acceptors (Lipinski definition) is 2. The third kappa shape index (κ3) is 4.63. The van der Waals surface area contributed by atoms with Gasteiger partial charge in [-0.25, -0.2) is 0 Å². The third-order valence-electron chi connectivity index (χ3n) is 2.68. The molecule has 18 heavy (non-hydrogen) atoms. The van der Waals surface area contributed by atoms with E-state index >= 15 is 0 Å². The normalized spacial score (nSPS) is 13.7. The summed E-state index contributed by atoms with van der Waals surface area (Å²) in [5.41, 5.74) is 1.15. The SMILES string of the molecule is C=CCNC(=O)C(C)N[C@H](C)c1ccc(Br)cc1. The van der Waals surface area contributed by atoms with Crippen LogP contribution in [-0.4, -0.2) is 18.5 Å². The number of halogens is 1. The van der Waals surface area contributed by atoms with Crippen LogP contribution in [0.25, 0.3) is 0 Å². The van der Waals surface area contributed by atoms with E-state index in [4.69, 9.17) is 0 Å². The minimum atomic E-state index is -0.233. The molecular formula is C14H19BrN2O. The minimum absolute atomic E-state index is 0.0149. The summed E-state index contributed by atoms with van der Waals surface area (Å²) in [6, 6.07) is 7.96. The second kappa shape index (κ2) is 7.34. The van der Waals surface area contributed by atoms with Crippen molar-refractivity contribution in [1.82, 2.24) is 10.6 Å². The molecule has 3 nitrogen and oxygen atoms in total. The minimum Gasteiger partial charge on any atom is -0.351 e. The first-order chi connectivity index (χ1) is 8.54. The first-order valence-electron chi connectivity index (χ1n) is 5.94. The van der Waals surface area contributed by atoms with E-state index in [1.807, 2.05) is 38.1 Å². The van der Waals surface area contributed by atoms with Gasteiger partial charge in [-0.15, -0.1) is 6.58 Å². The van der Waals surface area contributed by atoms with Gasteiger partial charge in [-0.2, -0.15) is 0 Å². The van der Waals surface area contributed by atoms with Crippen molar-refractivity contribution in [3.8, 4) is 0 Å². The number of carbonyl (C=O) groups excluding carboxylic acids is 1. The second-order valence-corrected chi connectivity index (χ2v) is 5.11. The maximum atomic E-state index is 11.7. The van der Waals surface area contributed by atoms with Crippen molar-refractivity contribution in [1.29, 1.82) is 0 Å². The highest BCUT2D eigenvalue weighted by molar-refractivity contribution is 9.10. The van der Waals surface area contributed by atoms with Gasteiger partial charge in [0.1, 0.15) is 0 Å². The van der Waals surface area contributed by atoms with Crippen LogP contribution in [-0.2, 0) is 4.79 Å². The summed E-state index contributed by atoms with van der Waals surface area (Å²) in [6.45, 7) is 7.96. The van der Waals surface area contributed by atoms with E-state index in [-0.39, 0.29) is 18.0 Å². The fraction of sp³-hybridized carbons (Fsp3) is 0.357. The van der Waals surface area contributed by atoms with Crippen molar-refractivity contribution in [2.45, 2.75) is 25.9 Å². The van der Waals surface area contributed by atoms with E-state index in [2.05, 4.69) is 33.1 Å². The van der Waals surface area contributed by atoms with E-state index in [9.17, 15) is 4.79 Å². The van der Waals surface area contributed by atoms with Gasteiger partial charge in [0, 0.05) is 17.1 Å². The summed E-state index contributed by atoms with van der Waals surface area (Å²) >= 11 is 3.40. The van der Waals surface area contributed by atoms with Gasteiger partial charge in [-0.3, -0.25) is 10.1 Å². The van der Waals surface area contributed by atoms with E-state index in [0.717, 1.165) is 10.0 Å². The molecule has 0 heterocycles. The molecule has 2 N–H and O–H groups in total. The predicted molar refractivity (Wildman–Crippen MR) is 78.4 cm³/mol. The lowest BCUT2D eigenvalue weighted by Gasteiger charge is -2.19. The molecule has 1 unspecified atom stereocenters. The van der Waals surface area contributed by atoms with Crippen LogP contribution in [0.3, 0.4) is 0 Å². The molecule has 0 aromatic heterocycles. The molecule has 0 saturated heterocycles. The molecule has 1 amide bonds. The van der Waals surface area contributed by atoms with Gasteiger partial charge in [0.2, 0.25) is 5.91 Å². The Morgan fingerprint density at radius 1 is 1.39 bits per heavy atom. The van der Waals surface area contributed by atoms with E-state index in [1.165, 1.54) is 0 Å². The van der Waals surface area contributed by atoms with Crippen molar-refractivity contribution in [2.24, 2.45) is 0 Å². The van der Waals surface area contributed by atoms with Crippen LogP contribution in [0.4, 0.5) is 0 Å². The number of benzene rings is 1. The molecule has 0 saturated carbocycles. The maximum Gasteiger partial charge on any atom is 0.237 e. The van der Waals surface area contributed by atoms with E-state index < -0.39 is 0 Å². The van der Waals surface area contributed by atoms with E-state index in [0.29, 0.717) is 6.54 Å². The number of rotatable bonds is 6. The first-order valence-corrected chi connectivity index (χ1v) is 6.74. The lowest BCUT2D eigenvalue weighted by atomic mass is 10.1. The standard InChI is InChI=1S/C14H19BrN2O/c1-4-9-16-14(18)11(3)17-10(2)12-5-7-13(15)8-6-12/h4-8,10-11,17H,1,9H2,2-3H3,(H,16,18)/t10-,11?/m1/s1. The molecule has 0 fully saturated rings. The number of nitrogens with one attached hydrogen (secondary N) is 2. The van der Waals surface area contributed by atoms with Gasteiger partial charge >= 0.3 is 0 Å². The average Bonchev–Trinajstić information content (AvgIpc) is 2.36. The van der Waals surface area contributed by atoms with Crippen molar-refractivity contribution >= 4 is 21.8 Å². The van der Waals surface area contributed by atoms with Gasteiger partial charge in [0.25, 0.3) is 0 Å². The van der Waals surface area contributed by atoms with Crippen LogP contribution in [0.1, 0.15) is 25.5 Å². The first kappa shape index (κ1) is 14.9. The fourth-order valence-corrected chi connectivity index (χ4v) is 1.89. The second-order valence-electron chi connectivity index (χ2n) is 4.20. The Hall–Kier alpha value is -1.13. The van der Waals surface area contributed by atoms with Crippen molar-refractivity contribution in [3.05, 3.63) is 47.0 Å². The van der Waals surface area contributed by atoms with Gasteiger partial charge in [-0.1, -0.05) is 34.1 Å². The quantitative estimate of drug-likeness (QED) is 0.793. The summed E-state index contributed by atoms with van der Waals surface area (Å²) in [6.07, 6.45) is 1.67. The molecule has 1 aromatic carbocycles. The monoisotopic (exact) mass is 310 g/mol. The topological polar surface area (TPSA) is 41.1 Å². The Balaban J connectivity index is 2.53. The zero-order chi connectivity index (χ0) is 13.5. The Kier molecular flexibility index (Phi) is 6.09. The summed E-state index contributed by atoms with van der Waals surface area (Å²) in [5.74, 6) is -0.0149. The molecule has 0 aliphatic rings. The molecule has 1 rings (SSSR count). The van der Waals surface area contributed by atoms with Gasteiger partial charge < -0.3 is 5.32 Å². The van der Waals surface area contributed by atoms with Crippen LogP contribution in [0.15, 0.2) is 41.4 Å². The van der Waals surface area contributed by atoms with Gasteiger partial charge in [-0.05, 0) is 31.5 Å². The molecule has 0 aliphatic carbocycles. The molecule has 0 aliphatic heterocycles. The van der Waals surface area contributed by atoms with Crippen molar-refractivity contribution in [3.63, 3.8) is 0 Å². The van der Waals surface area contributed by atoms with E-state index in [1.54, 1.807) is 6.08 Å². The predicted octanol–water partition coefficient (Wildman–Crippen LogP) is 2.79. The highest BCUT2D eigenvalue weighted by atomic mass is 79.9. The molecule has 0 radical (unpaired) electrons. The van der Waals surface area contributed by atoms with Crippen LogP contribution < -0.4 is 10.6 Å². The molecule has 0 bridgehead atoms. The number of amides is 1. The van der Waals surface area contributed by atoms with Gasteiger partial charge in [0.15, 0.2) is 0 Å². The molecule has 1 aromatic rings. The zero-order valence-electron chi connectivity index (χ0n) is 10.7. The lowest BCUT2D eigenvalue weighted by molar-refractivity contribution is -0.122. The van der Waals surface area contributed by atoms with Crippen LogP contribution >= 0.6 is 15.9 Å². The van der Waals surface area contributed by atoms with Crippen LogP contribution in [0.2, 0.25) is 0 Å². The fourth-order valence-electron chi connectivity index (χ4n) is 1.62. The molecule has 0 spiro atoms. The maximum absolute atomic E-state index is 11.7. The third-order valence-corrected chi connectivity index (χ3v) is 3.21. The Bertz CT molecular complexity index is 403. The highest BCUT2D eigenvalue weighted by Gasteiger charge is 2.15. The summed E-state index contributed by atoms with van der Waals surface area (Å²) in [5, 5.41) is 6.03. The Labute approximate surface area is 117 Å². The van der Waals surface area contributed by atoms with Crippen LogP contribution in [0.5, 0.6) is 0 Å². The van der Waals surface area contributed by atoms with Crippen molar-refractivity contribution < 1.29 is 4.79 Å². The molecule has 2 atom stereocenters. The van der Waals surface area contributed by atoms with Crippen molar-refractivity contribution in [2.75, 3.05) is 6.54 Å². The number of hydrogen-bond donors (Lipinski definition) is 2. The molecule has 98 valence electrons. The molecule has 4 heteroatoms. The summed E-state index contributed by atoms with van der Waals surface area (Å²) < 4.78 is 1.05. The Morgan fingerprint density at radius 2 is 2.00 bits per heavy atom. The van der Waals surface area contributed by atoms with Crippen LogP contribution in [0, 0.1) is 0 Å². The smallest absolute Gasteiger partial charge is 0.237 e. The Morgan fingerprint density at radius 3 is 2.56 bits per heavy atom. The summed E-state index contributed by atoms with van der Waals surface area (Å²) in [4.78, 5) is 11.7. The average molecular weight is 311 g/mol. The largest absolute Gasteiger partial charge is 0.351 e. The summed E-state index contributed by atoms with van der Waals surface area (Å²) in [7, 11) is 0. The van der Waals surface area contributed by atoms with Gasteiger partial charge in [0.05, 0.1) is 6.04 Å². The lowest BCUT2D eigenvalue weighted by Crippen LogP contribution is -2.43. The zero-order valence-corrected chi connectivity index (χ0v) is 12.3. The molecular weight excluding hydrogens is 292 g/mol.